The number of nitrogens with zero attached hydrogens (tertiary/aromatic N) is 4. The molecule has 3 heterocycles. The van der Waals surface area contributed by atoms with Gasteiger partial charge in [0.05, 0.1) is 0 Å². The van der Waals surface area contributed by atoms with Gasteiger partial charge >= 0.3 is 204 Å². The van der Waals surface area contributed by atoms with Crippen molar-refractivity contribution in [3.63, 3.8) is 0 Å². The van der Waals surface area contributed by atoms with Crippen LogP contribution in [0.2, 0.25) is 0 Å². The van der Waals surface area contributed by atoms with Crippen LogP contribution in [0, 0.1) is 11.3 Å². The topological polar surface area (TPSA) is 52.8 Å². The Balaban J connectivity index is 1.41. The summed E-state index contributed by atoms with van der Waals surface area (Å²) in [4.78, 5) is 11.4. The molecule has 4 nitrogen and oxygen atoms in total. The van der Waals surface area contributed by atoms with E-state index in [-0.39, 0.29) is 14.5 Å². The molecule has 156 valence electrons. The van der Waals surface area contributed by atoms with Crippen molar-refractivity contribution in [2.75, 3.05) is 4.90 Å². The van der Waals surface area contributed by atoms with Crippen LogP contribution in [-0.2, 0) is 0 Å². The van der Waals surface area contributed by atoms with E-state index in [2.05, 4.69) is 81.6 Å². The van der Waals surface area contributed by atoms with Crippen LogP contribution in [0.5, 0.6) is 0 Å². The molecule has 33 heavy (non-hydrogen) atoms. The molecule has 5 aromatic rings. The van der Waals surface area contributed by atoms with Crippen molar-refractivity contribution in [2.24, 2.45) is 0 Å². The molecule has 1 aliphatic rings. The van der Waals surface area contributed by atoms with E-state index in [1.165, 1.54) is 24.9 Å². The van der Waals surface area contributed by atoms with Gasteiger partial charge in [-0.1, -0.05) is 0 Å². The van der Waals surface area contributed by atoms with Crippen molar-refractivity contribution in [1.29, 1.82) is 5.26 Å². The maximum atomic E-state index is 9.84. The van der Waals surface area contributed by atoms with Crippen molar-refractivity contribution < 1.29 is 0 Å². The van der Waals surface area contributed by atoms with E-state index in [4.69, 9.17) is 0 Å². The summed E-state index contributed by atoms with van der Waals surface area (Å²) in [7, 11) is 0. The fourth-order valence-electron chi connectivity index (χ4n) is 3.87. The Hall–Kier alpha value is -3.45. The molecule has 0 spiro atoms. The van der Waals surface area contributed by atoms with E-state index in [9.17, 15) is 5.26 Å². The second-order valence-electron chi connectivity index (χ2n) is 7.47. The fourth-order valence-corrected chi connectivity index (χ4v) is 8.15. The van der Waals surface area contributed by atoms with Crippen molar-refractivity contribution >= 4 is 76.9 Å². The predicted molar refractivity (Wildman–Crippen MR) is 136 cm³/mol. The minimum atomic E-state index is 0.0590. The van der Waals surface area contributed by atoms with Crippen LogP contribution in [0.1, 0.15) is 10.3 Å². The summed E-state index contributed by atoms with van der Waals surface area (Å²) in [6.45, 7) is 0. The van der Waals surface area contributed by atoms with Crippen LogP contribution < -0.4 is 13.8 Å². The third kappa shape index (κ3) is 3.72. The van der Waals surface area contributed by atoms with Crippen LogP contribution in [0.4, 0.5) is 15.9 Å². The van der Waals surface area contributed by atoms with Gasteiger partial charge in [0.25, 0.3) is 0 Å². The summed E-state index contributed by atoms with van der Waals surface area (Å²) in [5, 5.41) is 10.8. The number of anilines is 3. The zero-order chi connectivity index (χ0) is 22.2. The third-order valence-corrected chi connectivity index (χ3v) is 9.91. The molecule has 6 heteroatoms. The zero-order valence-electron chi connectivity index (χ0n) is 17.3. The summed E-state index contributed by atoms with van der Waals surface area (Å²) in [6, 6.07) is 31.8. The molecule has 0 atom stereocenters. The molecule has 3 aromatic carbocycles. The van der Waals surface area contributed by atoms with Crippen LogP contribution in [0.15, 0.2) is 91.1 Å². The number of allylic oxidation sites excluding steroid dienone is 1. The van der Waals surface area contributed by atoms with Crippen LogP contribution in [-0.4, -0.2) is 39.4 Å². The van der Waals surface area contributed by atoms with Gasteiger partial charge < -0.3 is 0 Å². The molecule has 0 radical (unpaired) electrons. The standard InChI is InChI=1S/C27H16N4Se2/c28-16-19(27-29-17-18-7-1-2-8-21(18)30-27)15-20-13-14-26(32-20)31-22-9-3-5-11-24(22)33-25-12-6-4-10-23(25)31/h1-15,17H/b19-15+. The molecule has 0 saturated heterocycles. The van der Waals surface area contributed by atoms with Crippen molar-refractivity contribution in [3.8, 4) is 6.07 Å². The van der Waals surface area contributed by atoms with Crippen LogP contribution in [0.25, 0.3) is 22.6 Å². The van der Waals surface area contributed by atoms with Gasteiger partial charge in [0.2, 0.25) is 0 Å². The fraction of sp³-hybridized carbons (Fsp3) is 0. The van der Waals surface area contributed by atoms with Gasteiger partial charge in [-0.3, -0.25) is 0 Å². The summed E-state index contributed by atoms with van der Waals surface area (Å²) in [5.41, 5.74) is 3.87. The Labute approximate surface area is 203 Å². The van der Waals surface area contributed by atoms with Crippen molar-refractivity contribution in [2.45, 2.75) is 0 Å². The Morgan fingerprint density at radius 1 is 0.848 bits per heavy atom. The van der Waals surface area contributed by atoms with Gasteiger partial charge in [-0.05, 0) is 0 Å². The Kier molecular flexibility index (Phi) is 5.18. The molecule has 6 rings (SSSR count). The second kappa shape index (κ2) is 8.48. The molecule has 0 amide bonds. The molecule has 0 fully saturated rings. The first-order chi connectivity index (χ1) is 16.3. The molecule has 0 saturated carbocycles. The summed E-state index contributed by atoms with van der Waals surface area (Å²) >= 11 is 0.358. The molecular weight excluding hydrogens is 538 g/mol. The Morgan fingerprint density at radius 2 is 1.55 bits per heavy atom. The SMILES string of the molecule is N#C/C(=C\c1ccc(N2c3ccccc3[Se]c3ccccc32)[se]1)c1ncc2ccccc2n1. The number of hydrogen-bond acceptors (Lipinski definition) is 4. The average Bonchev–Trinajstić information content (AvgIpc) is 3.33. The first-order valence-corrected chi connectivity index (χ1v) is 13.8. The van der Waals surface area contributed by atoms with E-state index >= 15 is 0 Å². The Morgan fingerprint density at radius 3 is 2.30 bits per heavy atom. The number of hydrogen-bond donors (Lipinski definition) is 0. The van der Waals surface area contributed by atoms with Crippen LogP contribution in [0.3, 0.4) is 0 Å². The first kappa shape index (κ1) is 20.2. The molecule has 0 unspecified atom stereocenters. The van der Waals surface area contributed by atoms with Gasteiger partial charge in [0.1, 0.15) is 0 Å². The predicted octanol–water partition coefficient (Wildman–Crippen LogP) is 4.19. The van der Waals surface area contributed by atoms with E-state index < -0.39 is 0 Å². The minimum absolute atomic E-state index is 0.0590. The third-order valence-electron chi connectivity index (χ3n) is 5.40. The van der Waals surface area contributed by atoms with E-state index in [0.717, 1.165) is 15.3 Å². The normalized spacial score (nSPS) is 12.8. The summed E-state index contributed by atoms with van der Waals surface area (Å²) < 4.78 is 5.19. The van der Waals surface area contributed by atoms with Crippen molar-refractivity contribution in [3.05, 3.63) is 101 Å². The number of fused-ring (bicyclic) bond motifs is 3. The quantitative estimate of drug-likeness (QED) is 0.243. The molecule has 0 bridgehead atoms. The maximum absolute atomic E-state index is 9.84. The first-order valence-electron chi connectivity index (χ1n) is 10.4. The number of nitriles is 1. The number of aromatic nitrogens is 2. The molecule has 0 aliphatic carbocycles. The number of para-hydroxylation sites is 3. The van der Waals surface area contributed by atoms with Crippen LogP contribution >= 0.6 is 0 Å². The van der Waals surface area contributed by atoms with Gasteiger partial charge in [-0.25, -0.2) is 0 Å². The average molecular weight is 554 g/mol. The van der Waals surface area contributed by atoms with Crippen molar-refractivity contribution in [1.82, 2.24) is 9.97 Å². The van der Waals surface area contributed by atoms with Gasteiger partial charge in [0, 0.05) is 0 Å². The molecule has 1 aliphatic heterocycles. The van der Waals surface area contributed by atoms with E-state index in [1.807, 2.05) is 30.3 Å². The van der Waals surface area contributed by atoms with E-state index in [1.54, 1.807) is 6.20 Å². The van der Waals surface area contributed by atoms with Gasteiger partial charge in [-0.15, -0.1) is 0 Å². The molecule has 0 N–H and O–H groups in total. The summed E-state index contributed by atoms with van der Waals surface area (Å²) in [5.74, 6) is 0.470. The number of rotatable bonds is 3. The number of benzene rings is 3. The second-order valence-corrected chi connectivity index (χ2v) is 12.0. The summed E-state index contributed by atoms with van der Waals surface area (Å²) in [6.07, 6.45) is 3.73. The van der Waals surface area contributed by atoms with E-state index in [0.29, 0.717) is 26.4 Å². The Bertz CT molecular complexity index is 1530. The monoisotopic (exact) mass is 556 g/mol. The zero-order valence-corrected chi connectivity index (χ0v) is 20.8. The molecule has 2 aromatic heterocycles. The van der Waals surface area contributed by atoms with Gasteiger partial charge in [0.15, 0.2) is 0 Å². The molecular formula is C27H16N4Se2. The van der Waals surface area contributed by atoms with Gasteiger partial charge in [-0.2, -0.15) is 0 Å².